The summed E-state index contributed by atoms with van der Waals surface area (Å²) >= 11 is 0. The third-order valence-corrected chi connectivity index (χ3v) is 5.13. The standard InChI is InChI=1S/C25H48N2O12/c28-24(21-38-22-25(29)30)27-5-6-31-7-8-32-9-10-33-11-12-34-13-14-35-15-16-36-17-18-37-19-20-39-23-1-3-26-4-2-23/h23,26H,1-22H2,(H,27,28)(H,29,30). The zero-order valence-electron chi connectivity index (χ0n) is 23.1. The molecule has 1 saturated heterocycles. The highest BCUT2D eigenvalue weighted by Crippen LogP contribution is 2.06. The summed E-state index contributed by atoms with van der Waals surface area (Å²) in [4.78, 5) is 21.6. The van der Waals surface area contributed by atoms with Gasteiger partial charge in [0.1, 0.15) is 13.2 Å². The Morgan fingerprint density at radius 2 is 1.00 bits per heavy atom. The van der Waals surface area contributed by atoms with E-state index in [1.165, 1.54) is 0 Å². The summed E-state index contributed by atoms with van der Waals surface area (Å²) < 4.78 is 48.4. The molecule has 0 spiro atoms. The van der Waals surface area contributed by atoms with Gasteiger partial charge in [0.05, 0.1) is 105 Å². The van der Waals surface area contributed by atoms with Crippen LogP contribution in [0, 0.1) is 0 Å². The van der Waals surface area contributed by atoms with E-state index in [0.717, 1.165) is 25.9 Å². The van der Waals surface area contributed by atoms with Gasteiger partial charge in [-0.1, -0.05) is 0 Å². The van der Waals surface area contributed by atoms with E-state index in [4.69, 9.17) is 43.0 Å². The molecule has 0 saturated carbocycles. The molecule has 14 heteroatoms. The summed E-state index contributed by atoms with van der Waals surface area (Å²) in [6.45, 7) is 8.89. The average Bonchev–Trinajstić information content (AvgIpc) is 2.93. The lowest BCUT2D eigenvalue weighted by atomic mass is 10.1. The molecule has 0 bridgehead atoms. The molecule has 0 aromatic rings. The summed E-state index contributed by atoms with van der Waals surface area (Å²) in [5, 5.41) is 14.3. The first-order valence-electron chi connectivity index (χ1n) is 13.6. The zero-order chi connectivity index (χ0) is 28.1. The Morgan fingerprint density at radius 3 is 1.44 bits per heavy atom. The predicted molar refractivity (Wildman–Crippen MR) is 139 cm³/mol. The number of hydrogen-bond donors (Lipinski definition) is 3. The fourth-order valence-electron chi connectivity index (χ4n) is 3.20. The monoisotopic (exact) mass is 568 g/mol. The van der Waals surface area contributed by atoms with Crippen LogP contribution in [0.1, 0.15) is 12.8 Å². The van der Waals surface area contributed by atoms with Gasteiger partial charge in [0, 0.05) is 6.54 Å². The van der Waals surface area contributed by atoms with Gasteiger partial charge in [-0.3, -0.25) is 4.79 Å². The Balaban J connectivity index is 1.64. The number of carboxylic acid groups (broad SMARTS) is 1. The number of piperidine rings is 1. The van der Waals surface area contributed by atoms with Gasteiger partial charge in [-0.2, -0.15) is 0 Å². The quantitative estimate of drug-likeness (QED) is 0.0952. The van der Waals surface area contributed by atoms with Crippen molar-refractivity contribution in [1.29, 1.82) is 0 Å². The van der Waals surface area contributed by atoms with Crippen LogP contribution in [-0.2, 0) is 52.2 Å². The average molecular weight is 569 g/mol. The van der Waals surface area contributed by atoms with Crippen LogP contribution in [0.15, 0.2) is 0 Å². The number of hydrogen-bond acceptors (Lipinski definition) is 12. The number of rotatable bonds is 29. The molecule has 14 nitrogen and oxygen atoms in total. The Bertz CT molecular complexity index is 567. The van der Waals surface area contributed by atoms with Crippen molar-refractivity contribution in [1.82, 2.24) is 10.6 Å². The van der Waals surface area contributed by atoms with Gasteiger partial charge >= 0.3 is 5.97 Å². The van der Waals surface area contributed by atoms with Gasteiger partial charge in [-0.25, -0.2) is 4.79 Å². The minimum atomic E-state index is -1.12. The smallest absolute Gasteiger partial charge is 0.329 e. The van der Waals surface area contributed by atoms with E-state index < -0.39 is 18.5 Å². The molecule has 1 aliphatic rings. The van der Waals surface area contributed by atoms with E-state index in [2.05, 4.69) is 15.4 Å². The van der Waals surface area contributed by atoms with E-state index in [1.54, 1.807) is 0 Å². The molecule has 230 valence electrons. The topological polar surface area (TPSA) is 162 Å². The van der Waals surface area contributed by atoms with E-state index in [0.29, 0.717) is 112 Å². The Kier molecular flexibility index (Phi) is 25.6. The van der Waals surface area contributed by atoms with Gasteiger partial charge in [0.25, 0.3) is 0 Å². The van der Waals surface area contributed by atoms with Crippen molar-refractivity contribution in [2.45, 2.75) is 18.9 Å². The van der Waals surface area contributed by atoms with Gasteiger partial charge in [-0.05, 0) is 25.9 Å². The molecule has 0 atom stereocenters. The van der Waals surface area contributed by atoms with Crippen molar-refractivity contribution in [2.75, 3.05) is 132 Å². The lowest BCUT2D eigenvalue weighted by molar-refractivity contribution is -0.143. The number of carboxylic acids is 1. The lowest BCUT2D eigenvalue weighted by Gasteiger charge is -2.22. The molecular weight excluding hydrogens is 520 g/mol. The highest BCUT2D eigenvalue weighted by molar-refractivity contribution is 5.77. The van der Waals surface area contributed by atoms with E-state index in [1.807, 2.05) is 0 Å². The molecular formula is C25H48N2O12. The molecule has 0 radical (unpaired) electrons. The van der Waals surface area contributed by atoms with Gasteiger partial charge < -0.3 is 58.4 Å². The zero-order valence-corrected chi connectivity index (χ0v) is 23.1. The SMILES string of the molecule is O=C(O)COCC(=O)NCCOCCOCCOCCOCCOCCOCCOCCOC1CCNCC1. The fraction of sp³-hybridized carbons (Fsp3) is 0.920. The van der Waals surface area contributed by atoms with Crippen LogP contribution in [0.25, 0.3) is 0 Å². The van der Waals surface area contributed by atoms with Crippen molar-refractivity contribution >= 4 is 11.9 Å². The first-order chi connectivity index (χ1) is 19.2. The number of ether oxygens (including phenoxy) is 9. The van der Waals surface area contributed by atoms with Crippen LogP contribution in [0.2, 0.25) is 0 Å². The van der Waals surface area contributed by atoms with E-state index >= 15 is 0 Å². The molecule has 0 aromatic heterocycles. The van der Waals surface area contributed by atoms with Crippen LogP contribution in [0.3, 0.4) is 0 Å². The molecule has 1 rings (SSSR count). The number of carbonyl (C=O) groups is 2. The van der Waals surface area contributed by atoms with Crippen LogP contribution < -0.4 is 10.6 Å². The maximum Gasteiger partial charge on any atom is 0.329 e. The Labute approximate surface area is 231 Å². The van der Waals surface area contributed by atoms with Crippen molar-refractivity contribution in [3.63, 3.8) is 0 Å². The third-order valence-electron chi connectivity index (χ3n) is 5.13. The highest BCUT2D eigenvalue weighted by atomic mass is 16.6. The second-order valence-corrected chi connectivity index (χ2v) is 8.34. The van der Waals surface area contributed by atoms with Crippen molar-refractivity contribution in [3.8, 4) is 0 Å². The molecule has 3 N–H and O–H groups in total. The molecule has 1 amide bonds. The minimum Gasteiger partial charge on any atom is -0.480 e. The Morgan fingerprint density at radius 1 is 0.590 bits per heavy atom. The highest BCUT2D eigenvalue weighted by Gasteiger charge is 2.12. The molecule has 0 aliphatic carbocycles. The van der Waals surface area contributed by atoms with Gasteiger partial charge in [0.2, 0.25) is 5.91 Å². The van der Waals surface area contributed by atoms with Crippen molar-refractivity contribution < 1.29 is 57.3 Å². The Hall–Kier alpha value is -1.46. The summed E-state index contributed by atoms with van der Waals surface area (Å²) in [7, 11) is 0. The lowest BCUT2D eigenvalue weighted by Crippen LogP contribution is -2.33. The van der Waals surface area contributed by atoms with Crippen LogP contribution in [-0.4, -0.2) is 155 Å². The maximum absolute atomic E-state index is 11.3. The molecule has 39 heavy (non-hydrogen) atoms. The summed E-state index contributed by atoms with van der Waals surface area (Å²) in [6.07, 6.45) is 2.51. The normalized spacial score (nSPS) is 14.1. The molecule has 1 aliphatic heterocycles. The number of aliphatic carboxylic acids is 1. The summed E-state index contributed by atoms with van der Waals surface area (Å²) in [5.41, 5.74) is 0. The molecule has 1 heterocycles. The van der Waals surface area contributed by atoms with Crippen molar-refractivity contribution in [2.24, 2.45) is 0 Å². The first-order valence-corrected chi connectivity index (χ1v) is 13.6. The molecule has 0 unspecified atom stereocenters. The van der Waals surface area contributed by atoms with Gasteiger partial charge in [0.15, 0.2) is 0 Å². The third kappa shape index (κ3) is 26.5. The second-order valence-electron chi connectivity index (χ2n) is 8.34. The largest absolute Gasteiger partial charge is 0.480 e. The van der Waals surface area contributed by atoms with Crippen LogP contribution in [0.4, 0.5) is 0 Å². The number of amides is 1. The van der Waals surface area contributed by atoms with Crippen molar-refractivity contribution in [3.05, 3.63) is 0 Å². The number of nitrogens with one attached hydrogen (secondary N) is 2. The second kappa shape index (κ2) is 28.1. The van der Waals surface area contributed by atoms with Crippen LogP contribution >= 0.6 is 0 Å². The van der Waals surface area contributed by atoms with E-state index in [-0.39, 0.29) is 6.61 Å². The van der Waals surface area contributed by atoms with Crippen LogP contribution in [0.5, 0.6) is 0 Å². The summed E-state index contributed by atoms with van der Waals surface area (Å²) in [6, 6.07) is 0. The summed E-state index contributed by atoms with van der Waals surface area (Å²) in [5.74, 6) is -1.51. The van der Waals surface area contributed by atoms with E-state index in [9.17, 15) is 9.59 Å². The van der Waals surface area contributed by atoms with Gasteiger partial charge in [-0.15, -0.1) is 0 Å². The molecule has 1 fully saturated rings. The minimum absolute atomic E-state index is 0.295. The number of carbonyl (C=O) groups excluding carboxylic acids is 1. The maximum atomic E-state index is 11.3. The molecule has 0 aromatic carbocycles. The first kappa shape index (κ1) is 35.6. The fourth-order valence-corrected chi connectivity index (χ4v) is 3.20. The predicted octanol–water partition coefficient (Wildman–Crippen LogP) is -0.911.